The first-order valence-electron chi connectivity index (χ1n) is 2.30. The van der Waals surface area contributed by atoms with E-state index < -0.39 is 8.80 Å². The SMILES string of the molecule is C=C(C)[SiH](C)C. The molecule has 0 saturated carbocycles. The van der Waals surface area contributed by atoms with Crippen molar-refractivity contribution >= 4 is 8.80 Å². The average Bonchev–Trinajstić information content (AvgIpc) is 1.36. The Hall–Kier alpha value is -0.0431. The first-order chi connectivity index (χ1) is 2.64. The molecule has 1 heteroatoms. The van der Waals surface area contributed by atoms with Crippen LogP contribution in [0.5, 0.6) is 0 Å². The molecule has 0 aromatic rings. The summed E-state index contributed by atoms with van der Waals surface area (Å²) in [5, 5.41) is 1.40. The van der Waals surface area contributed by atoms with E-state index in [4.69, 9.17) is 0 Å². The van der Waals surface area contributed by atoms with Gasteiger partial charge in [0.25, 0.3) is 0 Å². The predicted molar refractivity (Wildman–Crippen MR) is 33.7 cm³/mol. The topological polar surface area (TPSA) is 0 Å². The highest BCUT2D eigenvalue weighted by atomic mass is 28.3. The van der Waals surface area contributed by atoms with Crippen molar-refractivity contribution in [1.82, 2.24) is 0 Å². The van der Waals surface area contributed by atoms with E-state index in [9.17, 15) is 0 Å². The molecule has 0 bridgehead atoms. The molecule has 0 aromatic carbocycles. The first kappa shape index (κ1) is 5.96. The van der Waals surface area contributed by atoms with Crippen molar-refractivity contribution in [2.75, 3.05) is 0 Å². The summed E-state index contributed by atoms with van der Waals surface area (Å²) in [7, 11) is -0.438. The number of allylic oxidation sites excluding steroid dienone is 1. The average molecular weight is 100 g/mol. The highest BCUT2D eigenvalue weighted by Crippen LogP contribution is 1.91. The van der Waals surface area contributed by atoms with Gasteiger partial charge >= 0.3 is 0 Å². The molecule has 0 aliphatic heterocycles. The van der Waals surface area contributed by atoms with Gasteiger partial charge in [0.05, 0.1) is 8.80 Å². The molecule has 0 spiro atoms. The lowest BCUT2D eigenvalue weighted by atomic mass is 10.8. The zero-order valence-corrected chi connectivity index (χ0v) is 5.94. The Morgan fingerprint density at radius 3 is 1.67 bits per heavy atom. The summed E-state index contributed by atoms with van der Waals surface area (Å²) in [4.78, 5) is 0. The molecule has 0 heterocycles. The normalized spacial score (nSPS) is 9.33. The third-order valence-electron chi connectivity index (χ3n) is 0.986. The summed E-state index contributed by atoms with van der Waals surface area (Å²) < 4.78 is 0. The molecule has 0 aliphatic carbocycles. The maximum atomic E-state index is 3.82. The van der Waals surface area contributed by atoms with Gasteiger partial charge in [0.2, 0.25) is 0 Å². The summed E-state index contributed by atoms with van der Waals surface area (Å²) in [5.41, 5.74) is 0. The minimum Gasteiger partial charge on any atom is -0.104 e. The van der Waals surface area contributed by atoms with Crippen LogP contribution in [0.3, 0.4) is 0 Å². The van der Waals surface area contributed by atoms with E-state index >= 15 is 0 Å². The van der Waals surface area contributed by atoms with E-state index in [0.717, 1.165) is 0 Å². The van der Waals surface area contributed by atoms with Gasteiger partial charge in [-0.25, -0.2) is 0 Å². The molecule has 0 N–H and O–H groups in total. The van der Waals surface area contributed by atoms with Gasteiger partial charge in [-0.05, 0) is 6.92 Å². The molecule has 0 atom stereocenters. The lowest BCUT2D eigenvalue weighted by Gasteiger charge is -1.95. The molecular weight excluding hydrogens is 88.1 g/mol. The minimum absolute atomic E-state index is 0.438. The Labute approximate surface area is 41.5 Å². The summed E-state index contributed by atoms with van der Waals surface area (Å²) in [5.74, 6) is 0. The minimum atomic E-state index is -0.438. The van der Waals surface area contributed by atoms with Gasteiger partial charge in [0, 0.05) is 0 Å². The second-order valence-electron chi connectivity index (χ2n) is 2.00. The Balaban J connectivity index is 3.26. The van der Waals surface area contributed by atoms with Crippen molar-refractivity contribution in [2.24, 2.45) is 0 Å². The largest absolute Gasteiger partial charge is 0.104 e. The van der Waals surface area contributed by atoms with Crippen LogP contribution in [0.25, 0.3) is 0 Å². The van der Waals surface area contributed by atoms with Crippen molar-refractivity contribution in [3.05, 3.63) is 11.8 Å². The Bertz CT molecular complexity index is 55.0. The monoisotopic (exact) mass is 100 g/mol. The van der Waals surface area contributed by atoms with Crippen LogP contribution in [-0.4, -0.2) is 8.80 Å². The van der Waals surface area contributed by atoms with E-state index in [1.807, 2.05) is 0 Å². The maximum absolute atomic E-state index is 3.82. The fraction of sp³-hybridized carbons (Fsp3) is 0.600. The quantitative estimate of drug-likeness (QED) is 0.439. The molecule has 0 unspecified atom stereocenters. The van der Waals surface area contributed by atoms with Gasteiger partial charge in [-0.3, -0.25) is 0 Å². The standard InChI is InChI=1S/C5H12Si/c1-5(2)6(3)4/h6H,1H2,2-4H3. The summed E-state index contributed by atoms with van der Waals surface area (Å²) in [6.07, 6.45) is 0. The van der Waals surface area contributed by atoms with Crippen LogP contribution in [-0.2, 0) is 0 Å². The van der Waals surface area contributed by atoms with Crippen LogP contribution in [0, 0.1) is 0 Å². The Morgan fingerprint density at radius 2 is 1.67 bits per heavy atom. The molecule has 0 nitrogen and oxygen atoms in total. The van der Waals surface area contributed by atoms with E-state index in [0.29, 0.717) is 0 Å². The summed E-state index contributed by atoms with van der Waals surface area (Å²) in [6, 6.07) is 0. The molecule has 0 rings (SSSR count). The zero-order valence-electron chi connectivity index (χ0n) is 4.78. The smallest absolute Gasteiger partial charge is 0.0584 e. The van der Waals surface area contributed by atoms with Gasteiger partial charge in [0.1, 0.15) is 0 Å². The van der Waals surface area contributed by atoms with Crippen LogP contribution >= 0.6 is 0 Å². The van der Waals surface area contributed by atoms with Gasteiger partial charge in [-0.1, -0.05) is 18.3 Å². The van der Waals surface area contributed by atoms with Crippen molar-refractivity contribution < 1.29 is 0 Å². The first-order valence-corrected chi connectivity index (χ1v) is 5.18. The molecular formula is C5H12Si. The Kier molecular flexibility index (Phi) is 2.17. The van der Waals surface area contributed by atoms with Crippen molar-refractivity contribution in [1.29, 1.82) is 0 Å². The fourth-order valence-corrected chi connectivity index (χ4v) is 0. The molecule has 6 heavy (non-hydrogen) atoms. The Morgan fingerprint density at radius 1 is 1.50 bits per heavy atom. The van der Waals surface area contributed by atoms with Crippen LogP contribution in [0.4, 0.5) is 0 Å². The van der Waals surface area contributed by atoms with E-state index in [1.165, 1.54) is 5.20 Å². The molecule has 0 aromatic heterocycles. The number of hydrogen-bond donors (Lipinski definition) is 0. The number of rotatable bonds is 1. The zero-order chi connectivity index (χ0) is 5.15. The highest BCUT2D eigenvalue weighted by Gasteiger charge is 1.90. The van der Waals surface area contributed by atoms with Gasteiger partial charge in [0.15, 0.2) is 0 Å². The molecule has 0 aliphatic rings. The van der Waals surface area contributed by atoms with Crippen LogP contribution in [0.15, 0.2) is 11.8 Å². The molecule has 0 fully saturated rings. The second-order valence-corrected chi connectivity index (χ2v) is 5.30. The van der Waals surface area contributed by atoms with Gasteiger partial charge < -0.3 is 0 Å². The lowest BCUT2D eigenvalue weighted by molar-refractivity contribution is 1.64. The van der Waals surface area contributed by atoms with Gasteiger partial charge in [-0.15, -0.1) is 6.58 Å². The maximum Gasteiger partial charge on any atom is 0.0584 e. The fourth-order valence-electron chi connectivity index (χ4n) is 0. The van der Waals surface area contributed by atoms with Gasteiger partial charge in [-0.2, -0.15) is 0 Å². The highest BCUT2D eigenvalue weighted by molar-refractivity contribution is 6.63. The number of hydrogen-bond acceptors (Lipinski definition) is 0. The molecule has 36 valence electrons. The van der Waals surface area contributed by atoms with Crippen molar-refractivity contribution in [3.63, 3.8) is 0 Å². The lowest BCUT2D eigenvalue weighted by Crippen LogP contribution is -1.98. The van der Waals surface area contributed by atoms with Crippen molar-refractivity contribution in [3.8, 4) is 0 Å². The molecule has 0 amide bonds. The second kappa shape index (κ2) is 2.19. The van der Waals surface area contributed by atoms with Crippen LogP contribution in [0.1, 0.15) is 6.92 Å². The molecule has 0 radical (unpaired) electrons. The summed E-state index contributed by atoms with van der Waals surface area (Å²) >= 11 is 0. The van der Waals surface area contributed by atoms with Crippen molar-refractivity contribution in [2.45, 2.75) is 20.0 Å². The van der Waals surface area contributed by atoms with E-state index in [-0.39, 0.29) is 0 Å². The van der Waals surface area contributed by atoms with Crippen LogP contribution in [0.2, 0.25) is 13.1 Å². The molecule has 0 saturated heterocycles. The predicted octanol–water partition coefficient (Wildman–Crippen LogP) is 1.59. The van der Waals surface area contributed by atoms with E-state index in [2.05, 4.69) is 26.6 Å². The van der Waals surface area contributed by atoms with Crippen LogP contribution < -0.4 is 0 Å². The third kappa shape index (κ3) is 2.21. The third-order valence-corrected chi connectivity index (χ3v) is 2.96. The summed E-state index contributed by atoms with van der Waals surface area (Å²) in [6.45, 7) is 10.5. The van der Waals surface area contributed by atoms with E-state index in [1.54, 1.807) is 0 Å².